The maximum absolute atomic E-state index is 11.9. The summed E-state index contributed by atoms with van der Waals surface area (Å²) in [6.07, 6.45) is 1.44. The van der Waals surface area contributed by atoms with Gasteiger partial charge in [0.25, 0.3) is 0 Å². The molecule has 1 aliphatic rings. The number of sulfone groups is 1. The van der Waals surface area contributed by atoms with Crippen LogP contribution in [0.25, 0.3) is 0 Å². The van der Waals surface area contributed by atoms with Crippen LogP contribution in [-0.2, 0) is 16.4 Å². The van der Waals surface area contributed by atoms with Gasteiger partial charge in [-0.25, -0.2) is 13.9 Å². The highest BCUT2D eigenvalue weighted by molar-refractivity contribution is 7.92. The Labute approximate surface area is 99.1 Å². The van der Waals surface area contributed by atoms with Crippen molar-refractivity contribution in [2.45, 2.75) is 29.5 Å². The second-order valence-electron chi connectivity index (χ2n) is 3.84. The molecule has 2 N–H and O–H groups in total. The highest BCUT2D eigenvalue weighted by Gasteiger charge is 2.37. The lowest BCUT2D eigenvalue weighted by molar-refractivity contribution is 0.161. The largest absolute Gasteiger partial charge is 0.316 e. The Morgan fingerprint density at radius 3 is 2.62 bits per heavy atom. The summed E-state index contributed by atoms with van der Waals surface area (Å²) in [5.41, 5.74) is 2.73. The number of hydroxylamine groups is 1. The molecular weight excluding hydrogens is 250 g/mol. The van der Waals surface area contributed by atoms with Gasteiger partial charge in [-0.05, 0) is 30.5 Å². The maximum Gasteiger partial charge on any atom is 0.182 e. The van der Waals surface area contributed by atoms with E-state index < -0.39 is 9.84 Å². The number of hydrogen-bond acceptors (Lipinski definition) is 4. The zero-order chi connectivity index (χ0) is 11.8. The predicted molar refractivity (Wildman–Crippen MR) is 60.3 cm³/mol. The van der Waals surface area contributed by atoms with Crippen molar-refractivity contribution in [1.29, 1.82) is 0 Å². The van der Waals surface area contributed by atoms with Crippen molar-refractivity contribution < 1.29 is 13.6 Å². The molecule has 0 amide bonds. The first-order chi connectivity index (χ1) is 7.55. The third-order valence-corrected chi connectivity index (χ3v) is 5.29. The minimum atomic E-state index is -3.24. The molecule has 1 fully saturated rings. The molecule has 0 heterocycles. The number of rotatable bonds is 4. The number of halogens is 1. The van der Waals surface area contributed by atoms with Crippen molar-refractivity contribution in [3.05, 3.63) is 28.8 Å². The van der Waals surface area contributed by atoms with Crippen LogP contribution in [0, 0.1) is 0 Å². The Kier molecular flexibility index (Phi) is 3.21. The first-order valence-corrected chi connectivity index (χ1v) is 6.87. The van der Waals surface area contributed by atoms with E-state index in [9.17, 15) is 8.42 Å². The SMILES string of the molecule is O=S(=O)(c1ccc(CNO)cc1Cl)C1CC1. The Hall–Kier alpha value is -0.620. The summed E-state index contributed by atoms with van der Waals surface area (Å²) in [6.45, 7) is 0.240. The normalized spacial score (nSPS) is 16.4. The maximum atomic E-state index is 11.9. The lowest BCUT2D eigenvalue weighted by Gasteiger charge is -2.07. The summed E-state index contributed by atoms with van der Waals surface area (Å²) in [6, 6.07) is 4.70. The monoisotopic (exact) mass is 261 g/mol. The zero-order valence-electron chi connectivity index (χ0n) is 8.48. The fourth-order valence-electron chi connectivity index (χ4n) is 1.53. The molecule has 4 nitrogen and oxygen atoms in total. The Bertz CT molecular complexity index is 497. The smallest absolute Gasteiger partial charge is 0.182 e. The second-order valence-corrected chi connectivity index (χ2v) is 6.45. The van der Waals surface area contributed by atoms with Gasteiger partial charge in [0.2, 0.25) is 0 Å². The summed E-state index contributed by atoms with van der Waals surface area (Å²) in [7, 11) is -3.24. The van der Waals surface area contributed by atoms with Gasteiger partial charge in [-0.2, -0.15) is 0 Å². The fourth-order valence-corrected chi connectivity index (χ4v) is 3.76. The molecule has 1 aromatic carbocycles. The standard InChI is InChI=1S/C10H12ClNO3S/c11-9-5-7(6-12-13)1-4-10(9)16(14,15)8-2-3-8/h1,4-5,8,12-13H,2-3,6H2. The van der Waals surface area contributed by atoms with Gasteiger partial charge in [-0.1, -0.05) is 17.7 Å². The molecular formula is C10H12ClNO3S. The first kappa shape index (κ1) is 11.9. The molecule has 0 unspecified atom stereocenters. The molecule has 1 saturated carbocycles. The van der Waals surface area contributed by atoms with Crippen LogP contribution in [0.4, 0.5) is 0 Å². The van der Waals surface area contributed by atoms with Gasteiger partial charge in [-0.3, -0.25) is 0 Å². The predicted octanol–water partition coefficient (Wildman–Crippen LogP) is 1.75. The van der Waals surface area contributed by atoms with E-state index in [-0.39, 0.29) is 21.7 Å². The molecule has 2 rings (SSSR count). The van der Waals surface area contributed by atoms with Gasteiger partial charge in [0.15, 0.2) is 9.84 Å². The van der Waals surface area contributed by atoms with E-state index in [1.54, 1.807) is 12.1 Å². The van der Waals surface area contributed by atoms with E-state index in [0.29, 0.717) is 0 Å². The van der Waals surface area contributed by atoms with Crippen LogP contribution in [0.1, 0.15) is 18.4 Å². The minimum absolute atomic E-state index is 0.193. The molecule has 0 spiro atoms. The van der Waals surface area contributed by atoms with E-state index in [1.165, 1.54) is 6.07 Å². The molecule has 0 saturated heterocycles. The topological polar surface area (TPSA) is 66.4 Å². The summed E-state index contributed by atoms with van der Waals surface area (Å²) in [5, 5.41) is 8.49. The van der Waals surface area contributed by atoms with Crippen molar-refractivity contribution in [3.63, 3.8) is 0 Å². The highest BCUT2D eigenvalue weighted by atomic mass is 35.5. The lowest BCUT2D eigenvalue weighted by atomic mass is 10.2. The zero-order valence-corrected chi connectivity index (χ0v) is 10.1. The highest BCUT2D eigenvalue weighted by Crippen LogP contribution is 2.36. The van der Waals surface area contributed by atoms with Crippen molar-refractivity contribution >= 4 is 21.4 Å². The van der Waals surface area contributed by atoms with Gasteiger partial charge < -0.3 is 5.21 Å². The van der Waals surface area contributed by atoms with Crippen LogP contribution < -0.4 is 5.48 Å². The molecule has 0 bridgehead atoms. The molecule has 0 atom stereocenters. The molecule has 88 valence electrons. The van der Waals surface area contributed by atoms with Crippen LogP contribution in [-0.4, -0.2) is 18.9 Å². The van der Waals surface area contributed by atoms with Gasteiger partial charge in [0.05, 0.1) is 15.2 Å². The van der Waals surface area contributed by atoms with E-state index in [4.69, 9.17) is 16.8 Å². The Morgan fingerprint density at radius 1 is 1.44 bits per heavy atom. The third-order valence-electron chi connectivity index (χ3n) is 2.55. The van der Waals surface area contributed by atoms with Crippen molar-refractivity contribution in [1.82, 2.24) is 5.48 Å². The second kappa shape index (κ2) is 4.33. The first-order valence-electron chi connectivity index (χ1n) is 4.95. The quantitative estimate of drug-likeness (QED) is 0.811. The van der Waals surface area contributed by atoms with E-state index in [0.717, 1.165) is 18.4 Å². The van der Waals surface area contributed by atoms with E-state index >= 15 is 0 Å². The molecule has 1 aromatic rings. The number of hydrogen-bond donors (Lipinski definition) is 2. The van der Waals surface area contributed by atoms with Gasteiger partial charge in [0, 0.05) is 6.54 Å². The average Bonchev–Trinajstić information content (AvgIpc) is 3.00. The van der Waals surface area contributed by atoms with Crippen LogP contribution in [0.15, 0.2) is 23.1 Å². The summed E-state index contributed by atoms with van der Waals surface area (Å²) < 4.78 is 23.9. The molecule has 1 aliphatic carbocycles. The lowest BCUT2D eigenvalue weighted by Crippen LogP contribution is -2.09. The average molecular weight is 262 g/mol. The molecule has 16 heavy (non-hydrogen) atoms. The van der Waals surface area contributed by atoms with Crippen molar-refractivity contribution in [2.24, 2.45) is 0 Å². The van der Waals surface area contributed by atoms with Gasteiger partial charge in [0.1, 0.15) is 0 Å². The molecule has 6 heteroatoms. The minimum Gasteiger partial charge on any atom is -0.316 e. The number of nitrogens with one attached hydrogen (secondary N) is 1. The van der Waals surface area contributed by atoms with Gasteiger partial charge in [-0.15, -0.1) is 0 Å². The molecule has 0 aliphatic heterocycles. The Balaban J connectivity index is 2.36. The van der Waals surface area contributed by atoms with Gasteiger partial charge >= 0.3 is 0 Å². The van der Waals surface area contributed by atoms with Crippen LogP contribution in [0.3, 0.4) is 0 Å². The van der Waals surface area contributed by atoms with Crippen LogP contribution >= 0.6 is 11.6 Å². The van der Waals surface area contributed by atoms with Crippen molar-refractivity contribution in [3.8, 4) is 0 Å². The van der Waals surface area contributed by atoms with E-state index in [2.05, 4.69) is 0 Å². The Morgan fingerprint density at radius 2 is 2.12 bits per heavy atom. The van der Waals surface area contributed by atoms with E-state index in [1.807, 2.05) is 5.48 Å². The molecule has 0 radical (unpaired) electrons. The van der Waals surface area contributed by atoms with Crippen molar-refractivity contribution in [2.75, 3.05) is 0 Å². The summed E-state index contributed by atoms with van der Waals surface area (Å²) >= 11 is 5.93. The molecule has 0 aromatic heterocycles. The summed E-state index contributed by atoms with van der Waals surface area (Å²) in [4.78, 5) is 0.193. The van der Waals surface area contributed by atoms with Crippen LogP contribution in [0.2, 0.25) is 5.02 Å². The summed E-state index contributed by atoms with van der Waals surface area (Å²) in [5.74, 6) is 0. The van der Waals surface area contributed by atoms with Crippen LogP contribution in [0.5, 0.6) is 0 Å². The number of benzene rings is 1. The fraction of sp³-hybridized carbons (Fsp3) is 0.400. The third kappa shape index (κ3) is 2.22.